The van der Waals surface area contributed by atoms with Crippen LogP contribution >= 0.6 is 0 Å². The summed E-state index contributed by atoms with van der Waals surface area (Å²) in [6.07, 6.45) is 4.70. The summed E-state index contributed by atoms with van der Waals surface area (Å²) in [7, 11) is -2.57. The van der Waals surface area contributed by atoms with Gasteiger partial charge in [-0.2, -0.15) is 0 Å². The predicted octanol–water partition coefficient (Wildman–Crippen LogP) is 3.17. The molecule has 0 saturated heterocycles. The minimum Gasteiger partial charge on any atom is -0.508 e. The van der Waals surface area contributed by atoms with Crippen LogP contribution in [0.25, 0.3) is 0 Å². The number of hydrogen-bond acceptors (Lipinski definition) is 5. The largest absolute Gasteiger partial charge is 0.508 e. The average molecular weight is 302 g/mol. The Bertz CT molecular complexity index is 323. The van der Waals surface area contributed by atoms with Gasteiger partial charge in [0.2, 0.25) is 0 Å². The minimum atomic E-state index is -2.57. The van der Waals surface area contributed by atoms with Gasteiger partial charge in [-0.05, 0) is 33.6 Å². The maximum Gasteiger partial charge on any atom is 0.500 e. The van der Waals surface area contributed by atoms with Gasteiger partial charge in [0.1, 0.15) is 12.4 Å². The molecule has 0 fully saturated rings. The smallest absolute Gasteiger partial charge is 0.500 e. The van der Waals surface area contributed by atoms with E-state index in [1.54, 1.807) is 6.08 Å². The Labute approximate surface area is 122 Å². The van der Waals surface area contributed by atoms with Gasteiger partial charge >= 0.3 is 8.80 Å². The molecule has 0 spiro atoms. The van der Waals surface area contributed by atoms with E-state index in [4.69, 9.17) is 18.0 Å². The van der Waals surface area contributed by atoms with Crippen molar-refractivity contribution in [3.05, 3.63) is 23.7 Å². The minimum absolute atomic E-state index is 0.313. The summed E-state index contributed by atoms with van der Waals surface area (Å²) in [6.45, 7) is 8.08. The van der Waals surface area contributed by atoms with Gasteiger partial charge in [0.25, 0.3) is 0 Å². The molecule has 0 aromatic heterocycles. The number of allylic oxidation sites excluding steroid dienone is 1. The topological polar surface area (TPSA) is 57.2 Å². The van der Waals surface area contributed by atoms with E-state index in [2.05, 4.69) is 0 Å². The summed E-state index contributed by atoms with van der Waals surface area (Å²) in [5.74, 6) is 0.313. The first-order valence-corrected chi connectivity index (χ1v) is 9.21. The van der Waals surface area contributed by atoms with Crippen molar-refractivity contribution in [3.8, 4) is 0 Å². The van der Waals surface area contributed by atoms with Crippen molar-refractivity contribution in [1.82, 2.24) is 0 Å². The van der Waals surface area contributed by atoms with Crippen molar-refractivity contribution >= 4 is 8.80 Å². The highest BCUT2D eigenvalue weighted by atomic mass is 28.4. The zero-order chi connectivity index (χ0) is 14.8. The number of hydrogen-bond donors (Lipinski definition) is 1. The van der Waals surface area contributed by atoms with Crippen LogP contribution in [-0.4, -0.2) is 40.3 Å². The molecular formula is C14H26O5Si. The highest BCUT2D eigenvalue weighted by molar-refractivity contribution is 6.60. The van der Waals surface area contributed by atoms with E-state index in [0.717, 1.165) is 24.5 Å². The molecule has 0 aromatic rings. The van der Waals surface area contributed by atoms with Gasteiger partial charge in [-0.3, -0.25) is 0 Å². The number of aliphatic hydroxyl groups excluding tert-OH is 1. The molecular weight excluding hydrogens is 276 g/mol. The number of rotatable bonds is 10. The molecule has 20 heavy (non-hydrogen) atoms. The molecule has 0 saturated carbocycles. The number of aliphatic hydroxyl groups is 1. The normalized spacial score (nSPS) is 15.6. The lowest BCUT2D eigenvalue weighted by Gasteiger charge is -2.28. The van der Waals surface area contributed by atoms with Gasteiger partial charge in [-0.1, -0.05) is 0 Å². The third-order valence-corrected chi connectivity index (χ3v) is 6.15. The van der Waals surface area contributed by atoms with E-state index in [1.165, 1.54) is 6.26 Å². The van der Waals surface area contributed by atoms with Crippen molar-refractivity contribution in [1.29, 1.82) is 0 Å². The molecule has 1 aliphatic rings. The van der Waals surface area contributed by atoms with Crippen LogP contribution in [-0.2, 0) is 18.0 Å². The lowest BCUT2D eigenvalue weighted by molar-refractivity contribution is 0.0707. The fourth-order valence-corrected chi connectivity index (χ4v) is 4.79. The van der Waals surface area contributed by atoms with Crippen molar-refractivity contribution in [3.63, 3.8) is 0 Å². The third kappa shape index (κ3) is 5.28. The molecule has 1 N–H and O–H groups in total. The standard InChI is InChI=1S/C14H26O5Si/c1-4-17-20(18-5-2,19-6-3)11-7-8-13-12-16-10-9-14(13)15/h9-10,15H,4-8,11-12H2,1-3H3. The summed E-state index contributed by atoms with van der Waals surface area (Å²) in [6, 6.07) is 0.753. The average Bonchev–Trinajstić information content (AvgIpc) is 2.42. The van der Waals surface area contributed by atoms with Gasteiger partial charge in [-0.25, -0.2) is 0 Å². The lowest BCUT2D eigenvalue weighted by Crippen LogP contribution is -2.45. The van der Waals surface area contributed by atoms with Crippen molar-refractivity contribution in [2.75, 3.05) is 26.4 Å². The van der Waals surface area contributed by atoms with Crippen LogP contribution in [0.15, 0.2) is 23.7 Å². The summed E-state index contributed by atoms with van der Waals surface area (Å²) >= 11 is 0. The Kier molecular flexibility index (Phi) is 7.90. The van der Waals surface area contributed by atoms with Gasteiger partial charge in [0.05, 0.1) is 6.26 Å². The van der Waals surface area contributed by atoms with Gasteiger partial charge < -0.3 is 23.1 Å². The highest BCUT2D eigenvalue weighted by Gasteiger charge is 2.39. The molecule has 1 rings (SSSR count). The molecule has 0 aromatic carbocycles. The Hall–Kier alpha value is -0.823. The zero-order valence-corrected chi connectivity index (χ0v) is 13.7. The highest BCUT2D eigenvalue weighted by Crippen LogP contribution is 2.23. The van der Waals surface area contributed by atoms with Crippen LogP contribution in [0, 0.1) is 0 Å². The summed E-state index contributed by atoms with van der Waals surface area (Å²) in [5, 5.41) is 9.74. The predicted molar refractivity (Wildman–Crippen MR) is 79.4 cm³/mol. The van der Waals surface area contributed by atoms with Crippen molar-refractivity contribution < 1.29 is 23.1 Å². The van der Waals surface area contributed by atoms with E-state index in [9.17, 15) is 5.11 Å². The first-order chi connectivity index (χ1) is 9.67. The van der Waals surface area contributed by atoms with E-state index in [-0.39, 0.29) is 0 Å². The van der Waals surface area contributed by atoms with E-state index < -0.39 is 8.80 Å². The monoisotopic (exact) mass is 302 g/mol. The van der Waals surface area contributed by atoms with Gasteiger partial charge in [0.15, 0.2) is 0 Å². The van der Waals surface area contributed by atoms with Crippen LogP contribution in [0.4, 0.5) is 0 Å². The molecule has 0 aliphatic carbocycles. The quantitative estimate of drug-likeness (QED) is 0.628. The Morgan fingerprint density at radius 1 is 1.15 bits per heavy atom. The van der Waals surface area contributed by atoms with Crippen LogP contribution < -0.4 is 0 Å². The fourth-order valence-electron chi connectivity index (χ4n) is 2.17. The molecule has 0 bridgehead atoms. The first kappa shape index (κ1) is 17.2. The molecule has 0 amide bonds. The molecule has 6 heteroatoms. The Balaban J connectivity index is 2.54. The maximum absolute atomic E-state index is 9.74. The summed E-state index contributed by atoms with van der Waals surface area (Å²) in [4.78, 5) is 0. The van der Waals surface area contributed by atoms with E-state index in [1.807, 2.05) is 20.8 Å². The maximum atomic E-state index is 9.74. The lowest BCUT2D eigenvalue weighted by atomic mass is 10.1. The Morgan fingerprint density at radius 2 is 1.75 bits per heavy atom. The second-order valence-electron chi connectivity index (χ2n) is 4.44. The molecule has 0 unspecified atom stereocenters. The summed E-state index contributed by atoms with van der Waals surface area (Å²) < 4.78 is 22.6. The van der Waals surface area contributed by atoms with Crippen LogP contribution in [0.5, 0.6) is 0 Å². The first-order valence-electron chi connectivity index (χ1n) is 7.28. The van der Waals surface area contributed by atoms with E-state index in [0.29, 0.717) is 32.2 Å². The molecule has 0 atom stereocenters. The molecule has 0 radical (unpaired) electrons. The van der Waals surface area contributed by atoms with Crippen LogP contribution in [0.1, 0.15) is 33.6 Å². The number of ether oxygens (including phenoxy) is 1. The second kappa shape index (κ2) is 9.18. The Morgan fingerprint density at radius 3 is 2.25 bits per heavy atom. The summed E-state index contributed by atoms with van der Waals surface area (Å²) in [5.41, 5.74) is 0.917. The molecule has 1 aliphatic heterocycles. The van der Waals surface area contributed by atoms with Crippen LogP contribution in [0.2, 0.25) is 6.04 Å². The van der Waals surface area contributed by atoms with Gasteiger partial charge in [0, 0.05) is 37.5 Å². The van der Waals surface area contributed by atoms with Crippen molar-refractivity contribution in [2.45, 2.75) is 39.7 Å². The van der Waals surface area contributed by atoms with E-state index >= 15 is 0 Å². The molecule has 116 valence electrons. The second-order valence-corrected chi connectivity index (χ2v) is 7.17. The SMILES string of the molecule is CCO[Si](CCCC1=C(O)C=COC1)(OCC)OCC. The van der Waals surface area contributed by atoms with Crippen molar-refractivity contribution in [2.24, 2.45) is 0 Å². The molecule has 5 nitrogen and oxygen atoms in total. The third-order valence-electron chi connectivity index (χ3n) is 3.00. The van der Waals surface area contributed by atoms with Crippen LogP contribution in [0.3, 0.4) is 0 Å². The molecule has 1 heterocycles. The zero-order valence-electron chi connectivity index (χ0n) is 12.7. The van der Waals surface area contributed by atoms with Gasteiger partial charge in [-0.15, -0.1) is 0 Å². The fraction of sp³-hybridized carbons (Fsp3) is 0.714.